The molecule has 2 saturated carbocycles. The van der Waals surface area contributed by atoms with Crippen LogP contribution in [0.2, 0.25) is 5.02 Å². The van der Waals surface area contributed by atoms with E-state index in [1.807, 2.05) is 55.1 Å². The molecule has 2 fully saturated rings. The molecule has 2 aromatic carbocycles. The number of fused-ring (bicyclic) bond motifs is 6. The molecule has 5 atom stereocenters. The number of hydrogen-bond acceptors (Lipinski definition) is 4. The molecule has 1 amide bonds. The van der Waals surface area contributed by atoms with Gasteiger partial charge in [0.2, 0.25) is 5.91 Å². The van der Waals surface area contributed by atoms with Crippen molar-refractivity contribution in [2.75, 3.05) is 5.32 Å². The molecule has 2 bridgehead atoms. The maximum atomic E-state index is 13.2. The van der Waals surface area contributed by atoms with Crippen LogP contribution in [0.5, 0.6) is 0 Å². The number of thioether (sulfide) groups is 1. The fourth-order valence-electron chi connectivity index (χ4n) is 6.18. The molecule has 4 nitrogen and oxygen atoms in total. The molecule has 0 unspecified atom stereocenters. The van der Waals surface area contributed by atoms with E-state index in [4.69, 9.17) is 11.6 Å². The molecule has 0 radical (unpaired) electrons. The quantitative estimate of drug-likeness (QED) is 0.470. The van der Waals surface area contributed by atoms with Crippen LogP contribution < -0.4 is 10.2 Å². The number of thiazole rings is 1. The molecule has 33 heavy (non-hydrogen) atoms. The zero-order valence-corrected chi connectivity index (χ0v) is 20.7. The monoisotopic (exact) mass is 496 g/mol. The molecule has 0 spiro atoms. The Kier molecular flexibility index (Phi) is 5.43. The minimum Gasteiger partial charge on any atom is -0.324 e. The van der Waals surface area contributed by atoms with Crippen molar-refractivity contribution in [1.29, 1.82) is 0 Å². The lowest BCUT2D eigenvalue weighted by Gasteiger charge is -2.40. The van der Waals surface area contributed by atoms with Gasteiger partial charge in [-0.25, -0.2) is 0 Å². The standard InChI is InChI=1S/C26H25ClN2O2S2/c1-14-4-2-3-5-19(14)28-20(30)13-29-25-24(33-26(29)31)21(15-8-10-18(27)11-9-15)22-16-6-7-17(12-16)23(22)32-25/h2-5,8-11,16-17,21-23H,6-7,12-13H2,1H3,(H,28,30)/t16-,17+,21-,22+,23-/m0/s1. The Balaban J connectivity index is 1.37. The van der Waals surface area contributed by atoms with Gasteiger partial charge >= 0.3 is 4.87 Å². The molecule has 7 heteroatoms. The SMILES string of the molecule is Cc1ccccc1NC(=O)Cn1c2c(sc1=O)[C@@H](c1ccc(Cl)cc1)[C@H]1[C@H]3CC[C@H](C3)[C@@H]1S2. The second-order valence-electron chi connectivity index (χ2n) is 9.51. The van der Waals surface area contributed by atoms with E-state index in [1.165, 1.54) is 36.2 Å². The summed E-state index contributed by atoms with van der Waals surface area (Å²) in [5, 5.41) is 5.23. The maximum absolute atomic E-state index is 13.2. The van der Waals surface area contributed by atoms with E-state index in [0.717, 1.165) is 32.1 Å². The third-order valence-corrected chi connectivity index (χ3v) is 10.7. The first kappa shape index (κ1) is 21.5. The van der Waals surface area contributed by atoms with Gasteiger partial charge in [0.05, 0.1) is 5.03 Å². The lowest BCUT2D eigenvalue weighted by molar-refractivity contribution is -0.116. The van der Waals surface area contributed by atoms with Gasteiger partial charge in [-0.2, -0.15) is 0 Å². The number of benzene rings is 2. The van der Waals surface area contributed by atoms with Crippen LogP contribution in [0.15, 0.2) is 58.4 Å². The second-order valence-corrected chi connectivity index (χ2v) is 12.1. The Labute approximate surface area is 206 Å². The van der Waals surface area contributed by atoms with Crippen LogP contribution in [0.3, 0.4) is 0 Å². The molecule has 3 aromatic rings. The topological polar surface area (TPSA) is 51.1 Å². The summed E-state index contributed by atoms with van der Waals surface area (Å²) < 4.78 is 1.71. The molecule has 1 N–H and O–H groups in total. The fraction of sp³-hybridized carbons (Fsp3) is 0.385. The first-order chi connectivity index (χ1) is 16.0. The summed E-state index contributed by atoms with van der Waals surface area (Å²) >= 11 is 9.37. The molecule has 1 aliphatic heterocycles. The summed E-state index contributed by atoms with van der Waals surface area (Å²) in [7, 11) is 0. The molecular weight excluding hydrogens is 472 g/mol. The molecule has 0 saturated heterocycles. The van der Waals surface area contributed by atoms with Crippen LogP contribution in [-0.4, -0.2) is 15.7 Å². The molecule has 6 rings (SSSR count). The third kappa shape index (κ3) is 3.67. The van der Waals surface area contributed by atoms with Crippen molar-refractivity contribution < 1.29 is 4.79 Å². The van der Waals surface area contributed by atoms with Crippen molar-refractivity contribution in [3.05, 3.63) is 79.2 Å². The van der Waals surface area contributed by atoms with E-state index in [0.29, 0.717) is 17.1 Å². The molecule has 2 aliphatic carbocycles. The number of para-hydroxylation sites is 1. The number of nitrogens with zero attached hydrogens (tertiary/aromatic N) is 1. The highest BCUT2D eigenvalue weighted by Gasteiger charge is 2.55. The Bertz CT molecular complexity index is 1280. The second kappa shape index (κ2) is 8.33. The number of carbonyl (C=O) groups is 1. The van der Waals surface area contributed by atoms with Gasteiger partial charge in [0, 0.05) is 26.8 Å². The minimum absolute atomic E-state index is 0.0429. The number of amides is 1. The lowest BCUT2D eigenvalue weighted by Crippen LogP contribution is -2.34. The van der Waals surface area contributed by atoms with Crippen LogP contribution in [0.25, 0.3) is 0 Å². The Hall–Kier alpha value is -2.02. The Morgan fingerprint density at radius 3 is 2.67 bits per heavy atom. The normalized spacial score (nSPS) is 27.3. The van der Waals surface area contributed by atoms with E-state index >= 15 is 0 Å². The number of halogens is 1. The summed E-state index contributed by atoms with van der Waals surface area (Å²) in [5.74, 6) is 2.02. The Morgan fingerprint density at radius 1 is 1.12 bits per heavy atom. The van der Waals surface area contributed by atoms with Crippen molar-refractivity contribution in [3.8, 4) is 0 Å². The zero-order valence-electron chi connectivity index (χ0n) is 18.3. The lowest BCUT2D eigenvalue weighted by atomic mass is 9.75. The van der Waals surface area contributed by atoms with E-state index in [1.54, 1.807) is 4.57 Å². The first-order valence-corrected chi connectivity index (χ1v) is 13.6. The number of anilines is 1. The van der Waals surface area contributed by atoms with Crippen LogP contribution in [0, 0.1) is 24.7 Å². The van der Waals surface area contributed by atoms with Gasteiger partial charge in [-0.3, -0.25) is 14.2 Å². The van der Waals surface area contributed by atoms with Gasteiger partial charge in [-0.05, 0) is 73.3 Å². The van der Waals surface area contributed by atoms with E-state index in [2.05, 4.69) is 17.4 Å². The van der Waals surface area contributed by atoms with Crippen molar-refractivity contribution >= 4 is 46.3 Å². The maximum Gasteiger partial charge on any atom is 0.308 e. The molecule has 3 aliphatic rings. The van der Waals surface area contributed by atoms with Crippen LogP contribution >= 0.6 is 34.7 Å². The van der Waals surface area contributed by atoms with Gasteiger partial charge in [-0.15, -0.1) is 11.8 Å². The minimum atomic E-state index is -0.161. The van der Waals surface area contributed by atoms with Crippen LogP contribution in [-0.2, 0) is 11.3 Å². The molecule has 1 aromatic heterocycles. The van der Waals surface area contributed by atoms with Crippen LogP contribution in [0.1, 0.15) is 41.2 Å². The predicted molar refractivity (Wildman–Crippen MR) is 136 cm³/mol. The van der Waals surface area contributed by atoms with Gasteiger partial charge in [0.1, 0.15) is 6.54 Å². The van der Waals surface area contributed by atoms with Gasteiger partial charge in [0.15, 0.2) is 0 Å². The smallest absolute Gasteiger partial charge is 0.308 e. The number of carbonyl (C=O) groups excluding carboxylic acids is 1. The Morgan fingerprint density at radius 2 is 1.88 bits per heavy atom. The van der Waals surface area contributed by atoms with Gasteiger partial charge in [-0.1, -0.05) is 53.3 Å². The highest BCUT2D eigenvalue weighted by molar-refractivity contribution is 8.00. The average Bonchev–Trinajstić information content (AvgIpc) is 3.49. The predicted octanol–water partition coefficient (Wildman–Crippen LogP) is 6.16. The van der Waals surface area contributed by atoms with E-state index < -0.39 is 0 Å². The van der Waals surface area contributed by atoms with Crippen LogP contribution in [0.4, 0.5) is 5.69 Å². The first-order valence-electron chi connectivity index (χ1n) is 11.5. The molecule has 170 valence electrons. The number of aryl methyl sites for hydroxylation is 1. The summed E-state index contributed by atoms with van der Waals surface area (Å²) in [6.07, 6.45) is 3.86. The summed E-state index contributed by atoms with van der Waals surface area (Å²) in [6, 6.07) is 15.9. The largest absolute Gasteiger partial charge is 0.324 e. The molecule has 2 heterocycles. The number of hydrogen-bond donors (Lipinski definition) is 1. The highest BCUT2D eigenvalue weighted by Crippen LogP contribution is 2.64. The summed E-state index contributed by atoms with van der Waals surface area (Å²) in [5.41, 5.74) is 3.04. The number of aromatic nitrogens is 1. The number of rotatable bonds is 4. The van der Waals surface area contributed by atoms with E-state index in [-0.39, 0.29) is 23.2 Å². The number of nitrogens with one attached hydrogen (secondary N) is 1. The zero-order chi connectivity index (χ0) is 22.7. The molecular formula is C26H25ClN2O2S2. The highest BCUT2D eigenvalue weighted by atomic mass is 35.5. The fourth-order valence-corrected chi connectivity index (χ4v) is 9.45. The third-order valence-electron chi connectivity index (χ3n) is 7.64. The van der Waals surface area contributed by atoms with Gasteiger partial charge in [0.25, 0.3) is 0 Å². The van der Waals surface area contributed by atoms with Crippen molar-refractivity contribution in [2.24, 2.45) is 17.8 Å². The van der Waals surface area contributed by atoms with E-state index in [9.17, 15) is 9.59 Å². The summed E-state index contributed by atoms with van der Waals surface area (Å²) in [6.45, 7) is 2.01. The summed E-state index contributed by atoms with van der Waals surface area (Å²) in [4.78, 5) is 27.2. The van der Waals surface area contributed by atoms with Gasteiger partial charge < -0.3 is 5.32 Å². The average molecular weight is 497 g/mol. The van der Waals surface area contributed by atoms with Crippen molar-refractivity contribution in [1.82, 2.24) is 4.57 Å². The van der Waals surface area contributed by atoms with Crippen molar-refractivity contribution in [3.63, 3.8) is 0 Å². The van der Waals surface area contributed by atoms with Crippen molar-refractivity contribution in [2.45, 2.75) is 48.9 Å².